The quantitative estimate of drug-likeness (QED) is 0.838. The zero-order valence-corrected chi connectivity index (χ0v) is 11.8. The van der Waals surface area contributed by atoms with Gasteiger partial charge in [0.15, 0.2) is 0 Å². The van der Waals surface area contributed by atoms with Gasteiger partial charge in [-0.15, -0.1) is 6.42 Å². The minimum absolute atomic E-state index is 0.123. The van der Waals surface area contributed by atoms with Crippen LogP contribution in [-0.2, 0) is 0 Å². The second-order valence-corrected chi connectivity index (χ2v) is 4.83. The van der Waals surface area contributed by atoms with E-state index in [9.17, 15) is 4.79 Å². The maximum atomic E-state index is 11.7. The van der Waals surface area contributed by atoms with Gasteiger partial charge in [-0.2, -0.15) is 0 Å². The number of amides is 2. The Morgan fingerprint density at radius 3 is 2.95 bits per heavy atom. The molecule has 19 heavy (non-hydrogen) atoms. The number of nitrogens with one attached hydrogen (secondary N) is 2. The molecule has 0 radical (unpaired) electrons. The molecule has 0 aromatic heterocycles. The highest BCUT2D eigenvalue weighted by Crippen LogP contribution is 2.32. The molecule has 98 valence electrons. The molecule has 6 heteroatoms. The highest BCUT2D eigenvalue weighted by Gasteiger charge is 2.36. The topological polar surface area (TPSA) is 65.4 Å². The summed E-state index contributed by atoms with van der Waals surface area (Å²) in [6.45, 7) is 0.155. The molecule has 1 heterocycles. The van der Waals surface area contributed by atoms with Crippen molar-refractivity contribution in [1.82, 2.24) is 10.2 Å². The zero-order chi connectivity index (χ0) is 14.0. The van der Waals surface area contributed by atoms with Gasteiger partial charge in [0.25, 0.3) is 0 Å². The summed E-state index contributed by atoms with van der Waals surface area (Å²) in [4.78, 5) is 13.1. The Kier molecular flexibility index (Phi) is 3.76. The van der Waals surface area contributed by atoms with Crippen LogP contribution in [0.15, 0.2) is 22.7 Å². The molecule has 0 saturated carbocycles. The number of carbonyl (C=O) groups is 1. The third kappa shape index (κ3) is 2.42. The summed E-state index contributed by atoms with van der Waals surface area (Å²) in [5.74, 6) is 3.24. The van der Waals surface area contributed by atoms with E-state index in [4.69, 9.17) is 16.6 Å². The molecule has 1 aliphatic rings. The summed E-state index contributed by atoms with van der Waals surface area (Å²) in [6, 6.07) is 4.59. The van der Waals surface area contributed by atoms with Gasteiger partial charge in [0, 0.05) is 0 Å². The van der Waals surface area contributed by atoms with Crippen LogP contribution in [0.25, 0.3) is 0 Å². The third-order valence-corrected chi connectivity index (χ3v) is 3.46. The Labute approximate surface area is 119 Å². The molecule has 2 rings (SSSR count). The molecule has 0 aliphatic carbocycles. The lowest BCUT2D eigenvalue weighted by molar-refractivity contribution is 0.212. The lowest BCUT2D eigenvalue weighted by Gasteiger charge is -2.21. The van der Waals surface area contributed by atoms with Gasteiger partial charge in [0.05, 0.1) is 18.1 Å². The van der Waals surface area contributed by atoms with Crippen LogP contribution in [0.5, 0.6) is 5.75 Å². The molecule has 1 fully saturated rings. The van der Waals surface area contributed by atoms with Crippen molar-refractivity contribution in [2.24, 2.45) is 0 Å². The highest BCUT2D eigenvalue weighted by molar-refractivity contribution is 9.10. The largest absolute Gasteiger partial charge is 0.496 e. The van der Waals surface area contributed by atoms with Crippen molar-refractivity contribution in [2.45, 2.75) is 6.04 Å². The van der Waals surface area contributed by atoms with E-state index in [-0.39, 0.29) is 18.4 Å². The second-order valence-electron chi connectivity index (χ2n) is 3.97. The maximum absolute atomic E-state index is 11.7. The van der Waals surface area contributed by atoms with E-state index in [1.807, 2.05) is 12.1 Å². The molecule has 1 unspecified atom stereocenters. The van der Waals surface area contributed by atoms with Crippen molar-refractivity contribution in [1.29, 1.82) is 5.41 Å². The van der Waals surface area contributed by atoms with E-state index < -0.39 is 6.04 Å². The van der Waals surface area contributed by atoms with E-state index in [2.05, 4.69) is 27.2 Å². The fourth-order valence-electron chi connectivity index (χ4n) is 1.99. The molecule has 1 atom stereocenters. The Balaban J connectivity index is 2.39. The molecule has 1 aliphatic heterocycles. The molecule has 0 bridgehead atoms. The Morgan fingerprint density at radius 1 is 1.63 bits per heavy atom. The first-order valence-electron chi connectivity index (χ1n) is 5.51. The number of amidine groups is 1. The van der Waals surface area contributed by atoms with Gasteiger partial charge in [0.1, 0.15) is 17.6 Å². The molecular weight excluding hydrogens is 310 g/mol. The fraction of sp³-hybridized carbons (Fsp3) is 0.231. The molecule has 1 aromatic carbocycles. The molecule has 5 nitrogen and oxygen atoms in total. The van der Waals surface area contributed by atoms with Crippen molar-refractivity contribution in [3.63, 3.8) is 0 Å². The average molecular weight is 322 g/mol. The number of hydrogen-bond donors (Lipinski definition) is 2. The third-order valence-electron chi connectivity index (χ3n) is 2.84. The Bertz CT molecular complexity index is 580. The van der Waals surface area contributed by atoms with Gasteiger partial charge in [-0.1, -0.05) is 12.0 Å². The number of benzene rings is 1. The van der Waals surface area contributed by atoms with Gasteiger partial charge >= 0.3 is 6.03 Å². The fourth-order valence-corrected chi connectivity index (χ4v) is 2.55. The first-order valence-corrected chi connectivity index (χ1v) is 6.30. The van der Waals surface area contributed by atoms with Crippen molar-refractivity contribution in [3.8, 4) is 18.1 Å². The minimum atomic E-state index is -0.481. The number of carbonyl (C=O) groups excluding carboxylic acids is 1. The number of halogens is 1. The molecule has 2 N–H and O–H groups in total. The Morgan fingerprint density at radius 2 is 2.37 bits per heavy atom. The van der Waals surface area contributed by atoms with Gasteiger partial charge in [0.2, 0.25) is 0 Å². The monoisotopic (exact) mass is 321 g/mol. The standard InChI is InChI=1S/C13H12BrN3O2/c1-3-6-17-11(12(15)16-13(17)18)8-4-5-10(19-2)9(14)7-8/h1,4-5,7,11H,6H2,2H3,(H2,15,16,18). The van der Waals surface area contributed by atoms with Crippen LogP contribution in [0, 0.1) is 17.8 Å². The molecule has 1 saturated heterocycles. The number of urea groups is 1. The lowest BCUT2D eigenvalue weighted by atomic mass is 10.1. The van der Waals surface area contributed by atoms with Crippen LogP contribution in [0.3, 0.4) is 0 Å². The number of ether oxygens (including phenoxy) is 1. The van der Waals surface area contributed by atoms with Crippen LogP contribution in [0.4, 0.5) is 4.79 Å². The predicted octanol–water partition coefficient (Wildman–Crippen LogP) is 2.13. The van der Waals surface area contributed by atoms with Crippen LogP contribution in [-0.4, -0.2) is 30.4 Å². The first-order chi connectivity index (χ1) is 9.08. The highest BCUT2D eigenvalue weighted by atomic mass is 79.9. The number of rotatable bonds is 3. The average Bonchev–Trinajstić information content (AvgIpc) is 2.65. The minimum Gasteiger partial charge on any atom is -0.496 e. The van der Waals surface area contributed by atoms with E-state index >= 15 is 0 Å². The number of nitrogens with zero attached hydrogens (tertiary/aromatic N) is 1. The molecule has 0 spiro atoms. The lowest BCUT2D eigenvalue weighted by Crippen LogP contribution is -2.30. The predicted molar refractivity (Wildman–Crippen MR) is 75.2 cm³/mol. The number of hydrogen-bond acceptors (Lipinski definition) is 3. The van der Waals surface area contributed by atoms with Gasteiger partial charge in [-0.05, 0) is 33.6 Å². The summed E-state index contributed by atoms with van der Waals surface area (Å²) >= 11 is 3.39. The summed E-state index contributed by atoms with van der Waals surface area (Å²) in [5.41, 5.74) is 0.797. The molecule has 1 aromatic rings. The van der Waals surface area contributed by atoms with Crippen molar-refractivity contribution in [3.05, 3.63) is 28.2 Å². The summed E-state index contributed by atoms with van der Waals surface area (Å²) in [5, 5.41) is 10.3. The van der Waals surface area contributed by atoms with E-state index in [1.54, 1.807) is 13.2 Å². The van der Waals surface area contributed by atoms with Crippen LogP contribution < -0.4 is 10.1 Å². The smallest absolute Gasteiger partial charge is 0.324 e. The number of methoxy groups -OCH3 is 1. The van der Waals surface area contributed by atoms with E-state index in [0.29, 0.717) is 5.75 Å². The van der Waals surface area contributed by atoms with Crippen molar-refractivity contribution in [2.75, 3.05) is 13.7 Å². The molecule has 2 amide bonds. The molecular formula is C13H12BrN3O2. The number of terminal acetylenes is 1. The van der Waals surface area contributed by atoms with E-state index in [0.717, 1.165) is 10.0 Å². The first kappa shape index (κ1) is 13.4. The van der Waals surface area contributed by atoms with Gasteiger partial charge in [-0.3, -0.25) is 15.6 Å². The summed E-state index contributed by atoms with van der Waals surface area (Å²) in [6.07, 6.45) is 5.26. The normalized spacial score (nSPS) is 18.2. The van der Waals surface area contributed by atoms with Crippen LogP contribution >= 0.6 is 15.9 Å². The Hall–Kier alpha value is -2.00. The van der Waals surface area contributed by atoms with Crippen molar-refractivity contribution < 1.29 is 9.53 Å². The SMILES string of the molecule is C#CCN1C(=O)NC(=N)C1c1ccc(OC)c(Br)c1. The van der Waals surface area contributed by atoms with Crippen molar-refractivity contribution >= 4 is 27.8 Å². The zero-order valence-electron chi connectivity index (χ0n) is 10.2. The van der Waals surface area contributed by atoms with Gasteiger partial charge in [-0.25, -0.2) is 4.79 Å². The maximum Gasteiger partial charge on any atom is 0.324 e. The van der Waals surface area contributed by atoms with Gasteiger partial charge < -0.3 is 4.74 Å². The summed E-state index contributed by atoms with van der Waals surface area (Å²) < 4.78 is 5.92. The van der Waals surface area contributed by atoms with Crippen LogP contribution in [0.1, 0.15) is 11.6 Å². The van der Waals surface area contributed by atoms with E-state index in [1.165, 1.54) is 4.90 Å². The second kappa shape index (κ2) is 5.33. The summed E-state index contributed by atoms with van der Waals surface area (Å²) in [7, 11) is 1.58. The van der Waals surface area contributed by atoms with Crippen LogP contribution in [0.2, 0.25) is 0 Å².